The van der Waals surface area contributed by atoms with E-state index in [2.05, 4.69) is 22.4 Å². The predicted octanol–water partition coefficient (Wildman–Crippen LogP) is 2.11. The Balaban J connectivity index is 1.82. The van der Waals surface area contributed by atoms with E-state index in [1.165, 1.54) is 0 Å². The molecule has 2 heterocycles. The molecular formula is C15H18N2O2. The molecule has 1 atom stereocenters. The lowest BCUT2D eigenvalue weighted by Crippen LogP contribution is -2.37. The summed E-state index contributed by atoms with van der Waals surface area (Å²) in [4.78, 5) is 4.60. The number of hydrogen-bond donors (Lipinski definition) is 2. The summed E-state index contributed by atoms with van der Waals surface area (Å²) in [5, 5.41) is 14.6. The minimum absolute atomic E-state index is 0.395. The number of aliphatic hydroxyl groups is 1. The third-order valence-electron chi connectivity index (χ3n) is 3.58. The zero-order chi connectivity index (χ0) is 13.3. The van der Waals surface area contributed by atoms with Gasteiger partial charge in [0.25, 0.3) is 0 Å². The molecule has 0 saturated carbocycles. The second kappa shape index (κ2) is 4.79. The van der Waals surface area contributed by atoms with Crippen LogP contribution in [0, 0.1) is 6.92 Å². The lowest BCUT2D eigenvalue weighted by Gasteiger charge is -2.21. The predicted molar refractivity (Wildman–Crippen MR) is 75.4 cm³/mol. The van der Waals surface area contributed by atoms with Gasteiger partial charge < -0.3 is 15.2 Å². The first-order valence-corrected chi connectivity index (χ1v) is 6.57. The van der Waals surface area contributed by atoms with Crippen molar-refractivity contribution in [2.24, 2.45) is 0 Å². The van der Waals surface area contributed by atoms with Crippen LogP contribution in [0.2, 0.25) is 0 Å². The van der Waals surface area contributed by atoms with Gasteiger partial charge in [-0.25, -0.2) is 4.98 Å². The van der Waals surface area contributed by atoms with Crippen molar-refractivity contribution >= 4 is 16.7 Å². The van der Waals surface area contributed by atoms with Crippen molar-refractivity contribution in [2.75, 3.05) is 25.1 Å². The fourth-order valence-electron chi connectivity index (χ4n) is 2.38. The number of fused-ring (bicyclic) bond motifs is 1. The van der Waals surface area contributed by atoms with E-state index in [1.54, 1.807) is 0 Å². The van der Waals surface area contributed by atoms with Crippen molar-refractivity contribution in [3.63, 3.8) is 0 Å². The van der Waals surface area contributed by atoms with Crippen LogP contribution in [0.25, 0.3) is 10.9 Å². The van der Waals surface area contributed by atoms with Crippen LogP contribution in [0.4, 0.5) is 5.82 Å². The molecule has 0 spiro atoms. The van der Waals surface area contributed by atoms with Crippen LogP contribution < -0.4 is 5.32 Å². The maximum atomic E-state index is 10.2. The normalized spacial score (nSPS) is 22.8. The molecule has 1 aromatic carbocycles. The Morgan fingerprint density at radius 1 is 1.42 bits per heavy atom. The highest BCUT2D eigenvalue weighted by molar-refractivity contribution is 5.81. The molecule has 1 aliphatic rings. The quantitative estimate of drug-likeness (QED) is 0.885. The van der Waals surface area contributed by atoms with Gasteiger partial charge in [-0.3, -0.25) is 0 Å². The summed E-state index contributed by atoms with van der Waals surface area (Å²) in [7, 11) is 0. The van der Waals surface area contributed by atoms with Gasteiger partial charge in [-0.1, -0.05) is 18.2 Å². The van der Waals surface area contributed by atoms with Gasteiger partial charge in [0, 0.05) is 25.0 Å². The van der Waals surface area contributed by atoms with Crippen molar-refractivity contribution in [1.82, 2.24) is 4.98 Å². The third-order valence-corrected chi connectivity index (χ3v) is 3.58. The van der Waals surface area contributed by atoms with Gasteiger partial charge in [-0.2, -0.15) is 0 Å². The Bertz CT molecular complexity index is 592. The smallest absolute Gasteiger partial charge is 0.129 e. The van der Waals surface area contributed by atoms with Crippen LogP contribution in [0.15, 0.2) is 30.3 Å². The molecule has 1 saturated heterocycles. The van der Waals surface area contributed by atoms with E-state index in [-0.39, 0.29) is 0 Å². The van der Waals surface area contributed by atoms with Crippen LogP contribution in [0.3, 0.4) is 0 Å². The summed E-state index contributed by atoms with van der Waals surface area (Å²) < 4.78 is 5.24. The number of para-hydroxylation sites is 1. The van der Waals surface area contributed by atoms with Crippen molar-refractivity contribution in [1.29, 1.82) is 0 Å². The molecule has 1 unspecified atom stereocenters. The third kappa shape index (κ3) is 2.55. The molecule has 4 heteroatoms. The fourth-order valence-corrected chi connectivity index (χ4v) is 2.38. The molecule has 1 aromatic heterocycles. The average Bonchev–Trinajstić information content (AvgIpc) is 2.84. The summed E-state index contributed by atoms with van der Waals surface area (Å²) in [5.74, 6) is 0.832. The summed E-state index contributed by atoms with van der Waals surface area (Å²) in [6.07, 6.45) is 0.673. The molecule has 1 aliphatic heterocycles. The van der Waals surface area contributed by atoms with E-state index in [1.807, 2.05) is 25.1 Å². The van der Waals surface area contributed by atoms with E-state index in [0.29, 0.717) is 26.2 Å². The van der Waals surface area contributed by atoms with Crippen LogP contribution in [0.5, 0.6) is 0 Å². The molecule has 0 aliphatic carbocycles. The fraction of sp³-hybridized carbons (Fsp3) is 0.400. The molecule has 2 aromatic rings. The lowest BCUT2D eigenvalue weighted by molar-refractivity contribution is 0.0381. The highest BCUT2D eigenvalue weighted by Crippen LogP contribution is 2.22. The molecule has 3 rings (SSSR count). The van der Waals surface area contributed by atoms with Gasteiger partial charge in [0.1, 0.15) is 11.4 Å². The van der Waals surface area contributed by atoms with E-state index < -0.39 is 5.60 Å². The maximum absolute atomic E-state index is 10.2. The number of anilines is 1. The summed E-state index contributed by atoms with van der Waals surface area (Å²) in [5.41, 5.74) is 1.28. The van der Waals surface area contributed by atoms with Crippen molar-refractivity contribution < 1.29 is 9.84 Å². The van der Waals surface area contributed by atoms with Crippen LogP contribution in [0.1, 0.15) is 12.0 Å². The van der Waals surface area contributed by atoms with Gasteiger partial charge in [-0.15, -0.1) is 0 Å². The molecule has 1 fully saturated rings. The number of ether oxygens (including phenoxy) is 1. The molecule has 4 nitrogen and oxygen atoms in total. The second-order valence-electron chi connectivity index (χ2n) is 5.23. The summed E-state index contributed by atoms with van der Waals surface area (Å²) in [6.45, 7) is 3.52. The second-order valence-corrected chi connectivity index (χ2v) is 5.23. The number of nitrogens with one attached hydrogen (secondary N) is 1. The van der Waals surface area contributed by atoms with Gasteiger partial charge in [0.2, 0.25) is 0 Å². The van der Waals surface area contributed by atoms with Gasteiger partial charge in [0.15, 0.2) is 0 Å². The lowest BCUT2D eigenvalue weighted by atomic mass is 10.0. The van der Waals surface area contributed by atoms with Gasteiger partial charge in [0.05, 0.1) is 12.1 Å². The van der Waals surface area contributed by atoms with Crippen molar-refractivity contribution in [2.45, 2.75) is 18.9 Å². The first kappa shape index (κ1) is 12.4. The van der Waals surface area contributed by atoms with E-state index >= 15 is 0 Å². The molecule has 2 N–H and O–H groups in total. The molecule has 19 heavy (non-hydrogen) atoms. The number of nitrogens with zero attached hydrogens (tertiary/aromatic N) is 1. The minimum atomic E-state index is -0.764. The number of aromatic nitrogens is 1. The van der Waals surface area contributed by atoms with Crippen LogP contribution in [-0.2, 0) is 4.74 Å². The van der Waals surface area contributed by atoms with Crippen LogP contribution in [-0.4, -0.2) is 35.5 Å². The number of aryl methyl sites for hydroxylation is 1. The number of pyridine rings is 1. The van der Waals surface area contributed by atoms with E-state index in [0.717, 1.165) is 22.3 Å². The first-order valence-electron chi connectivity index (χ1n) is 6.57. The topological polar surface area (TPSA) is 54.4 Å². The molecule has 0 amide bonds. The molecular weight excluding hydrogens is 240 g/mol. The summed E-state index contributed by atoms with van der Waals surface area (Å²) >= 11 is 0. The Labute approximate surface area is 112 Å². The highest BCUT2D eigenvalue weighted by Gasteiger charge is 2.32. The minimum Gasteiger partial charge on any atom is -0.386 e. The van der Waals surface area contributed by atoms with E-state index in [9.17, 15) is 5.11 Å². The van der Waals surface area contributed by atoms with Crippen molar-refractivity contribution in [3.8, 4) is 0 Å². The number of hydrogen-bond acceptors (Lipinski definition) is 4. The monoisotopic (exact) mass is 258 g/mol. The molecule has 0 bridgehead atoms. The Morgan fingerprint density at radius 2 is 2.26 bits per heavy atom. The van der Waals surface area contributed by atoms with Crippen LogP contribution >= 0.6 is 0 Å². The maximum Gasteiger partial charge on any atom is 0.129 e. The first-order chi connectivity index (χ1) is 9.16. The standard InChI is InChI=1S/C15H18N2O2/c1-11-8-12-4-2-3-5-13(12)17-14(11)16-9-15(18)6-7-19-10-15/h2-5,8,18H,6-7,9-10H2,1H3,(H,16,17). The SMILES string of the molecule is Cc1cc2ccccc2nc1NCC1(O)CCOC1. The highest BCUT2D eigenvalue weighted by atomic mass is 16.5. The average molecular weight is 258 g/mol. The summed E-state index contributed by atoms with van der Waals surface area (Å²) in [6, 6.07) is 10.1. The zero-order valence-electron chi connectivity index (χ0n) is 11.0. The number of rotatable bonds is 3. The zero-order valence-corrected chi connectivity index (χ0v) is 11.0. The van der Waals surface area contributed by atoms with Crippen molar-refractivity contribution in [3.05, 3.63) is 35.9 Å². The Morgan fingerprint density at radius 3 is 3.05 bits per heavy atom. The van der Waals surface area contributed by atoms with E-state index in [4.69, 9.17) is 4.74 Å². The Hall–Kier alpha value is -1.65. The van der Waals surface area contributed by atoms with Gasteiger partial charge in [-0.05, 0) is 24.6 Å². The Kier molecular flexibility index (Phi) is 3.12. The molecule has 0 radical (unpaired) electrons. The molecule has 100 valence electrons. The largest absolute Gasteiger partial charge is 0.386 e. The van der Waals surface area contributed by atoms with Gasteiger partial charge >= 0.3 is 0 Å². The number of benzene rings is 1.